The molecule has 0 aromatic heterocycles. The van der Waals surface area contributed by atoms with E-state index < -0.39 is 16.8 Å². The number of hydrogen-bond donors (Lipinski definition) is 3. The molecule has 0 aliphatic heterocycles. The topological polar surface area (TPSA) is 87.0 Å². The Morgan fingerprint density at radius 1 is 0.903 bits per heavy atom. The molecule has 168 valence electrons. The van der Waals surface area contributed by atoms with Gasteiger partial charge in [-0.1, -0.05) is 48.1 Å². The highest BCUT2D eigenvalue weighted by Gasteiger charge is 2.30. The summed E-state index contributed by atoms with van der Waals surface area (Å²) in [6, 6.07) is 3.21. The Labute approximate surface area is 185 Å². The Kier molecular flexibility index (Phi) is 6.51. The van der Waals surface area contributed by atoms with Crippen molar-refractivity contribution in [2.75, 3.05) is 0 Å². The van der Waals surface area contributed by atoms with Crippen molar-refractivity contribution in [2.24, 2.45) is 0 Å². The number of phenols is 3. The minimum Gasteiger partial charge on any atom is -0.504 e. The van der Waals surface area contributed by atoms with E-state index in [1.54, 1.807) is 12.1 Å². The van der Waals surface area contributed by atoms with Crippen LogP contribution in [0, 0.1) is 13.8 Å². The van der Waals surface area contributed by atoms with Gasteiger partial charge in [0, 0.05) is 17.2 Å². The number of esters is 1. The van der Waals surface area contributed by atoms with Crippen molar-refractivity contribution in [1.29, 1.82) is 0 Å². The molecule has 2 aromatic rings. The number of hydrogen-bond acceptors (Lipinski definition) is 5. The molecular weight excluding hydrogens is 392 g/mol. The molecule has 0 spiro atoms. The Hall–Kier alpha value is -2.95. The number of aryl methyl sites for hydroxylation is 2. The van der Waals surface area contributed by atoms with Gasteiger partial charge in [-0.25, -0.2) is 4.79 Å². The summed E-state index contributed by atoms with van der Waals surface area (Å²) in [6.45, 7) is 19.1. The monoisotopic (exact) mass is 426 g/mol. The second-order valence-corrected chi connectivity index (χ2v) is 10.1. The quantitative estimate of drug-likeness (QED) is 0.253. The maximum absolute atomic E-state index is 11.7. The molecule has 31 heavy (non-hydrogen) atoms. The van der Waals surface area contributed by atoms with Crippen molar-refractivity contribution < 1.29 is 24.9 Å². The number of carbonyl (C=O) groups is 1. The second kappa shape index (κ2) is 8.29. The minimum atomic E-state index is -0.642. The van der Waals surface area contributed by atoms with Gasteiger partial charge in [0.1, 0.15) is 0 Å². The van der Waals surface area contributed by atoms with Gasteiger partial charge in [0.25, 0.3) is 0 Å². The number of aromatic hydroxyl groups is 3. The van der Waals surface area contributed by atoms with Crippen molar-refractivity contribution in [3.63, 3.8) is 0 Å². The highest BCUT2D eigenvalue weighted by molar-refractivity contribution is 5.84. The van der Waals surface area contributed by atoms with E-state index in [2.05, 4.69) is 6.58 Å². The zero-order valence-electron chi connectivity index (χ0n) is 19.8. The average molecular weight is 427 g/mol. The second-order valence-electron chi connectivity index (χ2n) is 10.1. The molecule has 0 unspecified atom stereocenters. The Bertz CT molecular complexity index is 1030. The largest absolute Gasteiger partial charge is 0.504 e. The summed E-state index contributed by atoms with van der Waals surface area (Å²) in [5.74, 6) is -0.896. The number of rotatable bonds is 4. The van der Waals surface area contributed by atoms with Crippen molar-refractivity contribution >= 4 is 5.97 Å². The predicted octanol–water partition coefficient (Wildman–Crippen LogP) is 5.70. The molecule has 5 nitrogen and oxygen atoms in total. The Balaban J connectivity index is 2.83. The molecule has 0 aliphatic carbocycles. The summed E-state index contributed by atoms with van der Waals surface area (Å²) in [6.07, 6.45) is 1.49. The molecule has 0 fully saturated rings. The van der Waals surface area contributed by atoms with Crippen LogP contribution < -0.4 is 4.74 Å². The van der Waals surface area contributed by atoms with Gasteiger partial charge < -0.3 is 20.1 Å². The molecule has 2 aromatic carbocycles. The van der Waals surface area contributed by atoms with Crippen molar-refractivity contribution in [1.82, 2.24) is 0 Å². The van der Waals surface area contributed by atoms with Gasteiger partial charge in [0.2, 0.25) is 0 Å². The lowest BCUT2D eigenvalue weighted by Gasteiger charge is -2.30. The maximum atomic E-state index is 11.7. The molecule has 0 heterocycles. The van der Waals surface area contributed by atoms with E-state index in [0.29, 0.717) is 17.5 Å². The third-order valence-corrected chi connectivity index (χ3v) is 5.44. The Morgan fingerprint density at radius 3 is 1.81 bits per heavy atom. The van der Waals surface area contributed by atoms with Crippen LogP contribution in [0.2, 0.25) is 0 Å². The maximum Gasteiger partial charge on any atom is 0.335 e. The van der Waals surface area contributed by atoms with Crippen LogP contribution in [0.5, 0.6) is 23.0 Å². The molecule has 0 saturated heterocycles. The number of phenolic OH excluding ortho intramolecular Hbond substituents is 3. The van der Waals surface area contributed by atoms with E-state index in [1.165, 1.54) is 0 Å². The smallest absolute Gasteiger partial charge is 0.335 e. The molecule has 0 bridgehead atoms. The van der Waals surface area contributed by atoms with E-state index in [1.807, 2.05) is 55.4 Å². The molecular formula is C26H34O5. The van der Waals surface area contributed by atoms with Crippen LogP contribution in [-0.2, 0) is 22.0 Å². The SMILES string of the molecule is C=CC(=O)Oc1cc(C)c(Cc2c(C)cc(O)c(O)c2C(C)(C)C)c(C(C)(C)C)c1O. The highest BCUT2D eigenvalue weighted by atomic mass is 16.5. The minimum absolute atomic E-state index is 0.0822. The number of benzene rings is 2. The molecule has 0 radical (unpaired) electrons. The normalized spacial score (nSPS) is 12.0. The van der Waals surface area contributed by atoms with Gasteiger partial charge in [-0.05, 0) is 65.5 Å². The first-order valence-electron chi connectivity index (χ1n) is 10.3. The van der Waals surface area contributed by atoms with Crippen molar-refractivity contribution in [3.05, 3.63) is 58.2 Å². The van der Waals surface area contributed by atoms with Gasteiger partial charge in [0.15, 0.2) is 23.0 Å². The van der Waals surface area contributed by atoms with E-state index in [4.69, 9.17) is 4.74 Å². The summed E-state index contributed by atoms with van der Waals surface area (Å²) < 4.78 is 5.27. The molecule has 3 N–H and O–H groups in total. The lowest BCUT2D eigenvalue weighted by molar-refractivity contribution is -0.129. The van der Waals surface area contributed by atoms with Crippen LogP contribution in [0.25, 0.3) is 0 Å². The van der Waals surface area contributed by atoms with Crippen LogP contribution >= 0.6 is 0 Å². The summed E-state index contributed by atoms with van der Waals surface area (Å²) >= 11 is 0. The number of carbonyl (C=O) groups excluding carboxylic acids is 1. The van der Waals surface area contributed by atoms with Gasteiger partial charge >= 0.3 is 5.97 Å². The zero-order chi connectivity index (χ0) is 23.9. The third-order valence-electron chi connectivity index (χ3n) is 5.44. The molecule has 2 rings (SSSR count). The van der Waals surface area contributed by atoms with Gasteiger partial charge in [-0.3, -0.25) is 0 Å². The molecule has 5 heteroatoms. The molecule has 0 atom stereocenters. The summed E-state index contributed by atoms with van der Waals surface area (Å²) in [5.41, 5.74) is 3.96. The van der Waals surface area contributed by atoms with Crippen LogP contribution in [0.4, 0.5) is 0 Å². The van der Waals surface area contributed by atoms with Crippen LogP contribution in [0.1, 0.15) is 74.9 Å². The summed E-state index contributed by atoms with van der Waals surface area (Å²) in [5, 5.41) is 31.9. The first kappa shape index (κ1) is 24.3. The summed E-state index contributed by atoms with van der Waals surface area (Å²) in [7, 11) is 0. The van der Waals surface area contributed by atoms with Crippen LogP contribution in [-0.4, -0.2) is 21.3 Å². The first-order valence-corrected chi connectivity index (χ1v) is 10.3. The van der Waals surface area contributed by atoms with E-state index in [9.17, 15) is 20.1 Å². The van der Waals surface area contributed by atoms with Crippen molar-refractivity contribution in [3.8, 4) is 23.0 Å². The van der Waals surface area contributed by atoms with Crippen molar-refractivity contribution in [2.45, 2.75) is 72.6 Å². The fourth-order valence-electron chi connectivity index (χ4n) is 4.12. The van der Waals surface area contributed by atoms with Gasteiger partial charge in [-0.15, -0.1) is 0 Å². The lowest BCUT2D eigenvalue weighted by Crippen LogP contribution is -2.20. The van der Waals surface area contributed by atoms with Crippen LogP contribution in [0.15, 0.2) is 24.8 Å². The first-order chi connectivity index (χ1) is 14.1. The van der Waals surface area contributed by atoms with E-state index in [0.717, 1.165) is 28.3 Å². The van der Waals surface area contributed by atoms with Gasteiger partial charge in [0.05, 0.1) is 0 Å². The Morgan fingerprint density at radius 2 is 1.35 bits per heavy atom. The molecule has 0 amide bonds. The van der Waals surface area contributed by atoms with E-state index in [-0.39, 0.29) is 23.0 Å². The summed E-state index contributed by atoms with van der Waals surface area (Å²) in [4.78, 5) is 11.7. The third kappa shape index (κ3) is 4.87. The molecule has 0 aliphatic rings. The lowest BCUT2D eigenvalue weighted by atomic mass is 9.75. The van der Waals surface area contributed by atoms with E-state index >= 15 is 0 Å². The zero-order valence-corrected chi connectivity index (χ0v) is 19.8. The number of ether oxygens (including phenoxy) is 1. The fraction of sp³-hybridized carbons (Fsp3) is 0.423. The highest BCUT2D eigenvalue weighted by Crippen LogP contribution is 2.46. The average Bonchev–Trinajstić information content (AvgIpc) is 2.61. The van der Waals surface area contributed by atoms with Crippen LogP contribution in [0.3, 0.4) is 0 Å². The predicted molar refractivity (Wildman–Crippen MR) is 123 cm³/mol. The standard InChI is InChI=1S/C26H34O5/c1-10-20(28)31-19-12-15(3)17(22(24(19)30)26(7,8)9)13-16-14(2)11-18(27)23(29)21(16)25(4,5)6/h10-12,27,29-30H,1,13H2,2-9H3. The van der Waals surface area contributed by atoms with Gasteiger partial charge in [-0.2, -0.15) is 0 Å². The molecule has 0 saturated carbocycles. The fourth-order valence-corrected chi connectivity index (χ4v) is 4.12.